The molecule has 1 aromatic carbocycles. The van der Waals surface area contributed by atoms with E-state index >= 15 is 0 Å². The number of benzene rings is 1. The molecule has 4 nitrogen and oxygen atoms in total. The fourth-order valence-electron chi connectivity index (χ4n) is 2.63. The van der Waals surface area contributed by atoms with Crippen LogP contribution in [0.25, 0.3) is 0 Å². The number of halogens is 1. The Morgan fingerprint density at radius 2 is 2.30 bits per heavy atom. The molecule has 3 N–H and O–H groups in total. The zero-order valence-electron chi connectivity index (χ0n) is 12.3. The molecule has 0 bridgehead atoms. The monoisotopic (exact) mass is 388 g/mol. The van der Waals surface area contributed by atoms with E-state index < -0.39 is 0 Å². The summed E-state index contributed by atoms with van der Waals surface area (Å²) in [7, 11) is 0. The predicted molar refractivity (Wildman–Crippen MR) is 97.0 cm³/mol. The highest BCUT2D eigenvalue weighted by atomic mass is 127. The summed E-state index contributed by atoms with van der Waals surface area (Å²) in [5.41, 5.74) is 8.15. The summed E-state index contributed by atoms with van der Waals surface area (Å²) in [5.74, 6) is 0.508. The van der Waals surface area contributed by atoms with Gasteiger partial charge in [0.25, 0.3) is 0 Å². The molecular weight excluding hydrogens is 363 g/mol. The lowest BCUT2D eigenvalue weighted by molar-refractivity contribution is 0.273. The average molecular weight is 388 g/mol. The van der Waals surface area contributed by atoms with E-state index in [2.05, 4.69) is 41.2 Å². The van der Waals surface area contributed by atoms with Crippen molar-refractivity contribution in [3.05, 3.63) is 29.8 Å². The highest BCUT2D eigenvalue weighted by Crippen LogP contribution is 2.16. The highest BCUT2D eigenvalue weighted by molar-refractivity contribution is 14.0. The molecule has 112 valence electrons. The van der Waals surface area contributed by atoms with E-state index in [0.29, 0.717) is 12.0 Å². The van der Waals surface area contributed by atoms with Crippen LogP contribution in [0.15, 0.2) is 29.3 Å². The van der Waals surface area contributed by atoms with Crippen molar-refractivity contribution < 1.29 is 0 Å². The second-order valence-corrected chi connectivity index (χ2v) is 5.15. The summed E-state index contributed by atoms with van der Waals surface area (Å²) < 4.78 is 0. The molecule has 1 atom stereocenters. The number of hydrogen-bond acceptors (Lipinski definition) is 2. The van der Waals surface area contributed by atoms with Gasteiger partial charge in [0.1, 0.15) is 0 Å². The number of rotatable bonds is 4. The van der Waals surface area contributed by atoms with Crippen molar-refractivity contribution in [3.8, 4) is 0 Å². The summed E-state index contributed by atoms with van der Waals surface area (Å²) in [6.07, 6.45) is 2.51. The maximum atomic E-state index is 5.94. The Morgan fingerprint density at radius 3 is 3.00 bits per heavy atom. The highest BCUT2D eigenvalue weighted by Gasteiger charge is 2.22. The van der Waals surface area contributed by atoms with Gasteiger partial charge in [-0.15, -0.1) is 24.0 Å². The number of hydrogen-bond donors (Lipinski definition) is 2. The van der Waals surface area contributed by atoms with E-state index in [1.54, 1.807) is 0 Å². The van der Waals surface area contributed by atoms with Crippen LogP contribution < -0.4 is 11.1 Å². The minimum Gasteiger partial charge on any atom is -0.370 e. The SMILES string of the molecule is CCN1CCCC1CN=C(N)Nc1cccc(C)c1.I. The molecule has 0 amide bonds. The molecule has 2 rings (SSSR count). The molecule has 1 unspecified atom stereocenters. The number of nitrogens with zero attached hydrogens (tertiary/aromatic N) is 2. The fourth-order valence-corrected chi connectivity index (χ4v) is 2.63. The molecule has 0 spiro atoms. The smallest absolute Gasteiger partial charge is 0.193 e. The van der Waals surface area contributed by atoms with Crippen LogP contribution in [0.4, 0.5) is 5.69 Å². The molecule has 1 heterocycles. The minimum atomic E-state index is 0. The molecule has 5 heteroatoms. The molecule has 20 heavy (non-hydrogen) atoms. The number of likely N-dealkylation sites (tertiary alicyclic amines) is 1. The van der Waals surface area contributed by atoms with Crippen molar-refractivity contribution in [1.82, 2.24) is 4.90 Å². The van der Waals surface area contributed by atoms with Crippen LogP contribution in [-0.4, -0.2) is 36.5 Å². The molecule has 1 aliphatic rings. The van der Waals surface area contributed by atoms with Crippen molar-refractivity contribution in [2.45, 2.75) is 32.7 Å². The first kappa shape index (κ1) is 17.2. The van der Waals surface area contributed by atoms with Crippen molar-refractivity contribution in [2.75, 3.05) is 25.0 Å². The number of aryl methyl sites for hydroxylation is 1. The summed E-state index contributed by atoms with van der Waals surface area (Å²) in [6, 6.07) is 8.71. The maximum absolute atomic E-state index is 5.94. The van der Waals surface area contributed by atoms with E-state index in [-0.39, 0.29) is 24.0 Å². The predicted octanol–water partition coefficient (Wildman–Crippen LogP) is 2.82. The van der Waals surface area contributed by atoms with Crippen molar-refractivity contribution in [1.29, 1.82) is 0 Å². The number of anilines is 1. The van der Waals surface area contributed by atoms with E-state index in [1.165, 1.54) is 24.9 Å². The van der Waals surface area contributed by atoms with Gasteiger partial charge < -0.3 is 11.1 Å². The van der Waals surface area contributed by atoms with E-state index in [4.69, 9.17) is 5.73 Å². The van der Waals surface area contributed by atoms with Crippen LogP contribution in [-0.2, 0) is 0 Å². The van der Waals surface area contributed by atoms with Gasteiger partial charge in [0.15, 0.2) is 5.96 Å². The van der Waals surface area contributed by atoms with Gasteiger partial charge in [0, 0.05) is 11.7 Å². The Labute approximate surface area is 138 Å². The molecule has 1 saturated heterocycles. The molecule has 1 fully saturated rings. The largest absolute Gasteiger partial charge is 0.370 e. The summed E-state index contributed by atoms with van der Waals surface area (Å²) in [5, 5.41) is 3.15. The standard InChI is InChI=1S/C15H24N4.HI/c1-3-19-9-5-8-14(19)11-17-15(16)18-13-7-4-6-12(2)10-13;/h4,6-7,10,14H,3,5,8-9,11H2,1-2H3,(H3,16,17,18);1H. The lowest BCUT2D eigenvalue weighted by Gasteiger charge is -2.21. The number of likely N-dealkylation sites (N-methyl/N-ethyl adjacent to an activating group) is 1. The van der Waals surface area contributed by atoms with Gasteiger partial charge in [-0.05, 0) is 50.6 Å². The Hall–Kier alpha value is -0.820. The van der Waals surface area contributed by atoms with E-state index in [0.717, 1.165) is 18.8 Å². The van der Waals surface area contributed by atoms with Crippen LogP contribution >= 0.6 is 24.0 Å². The third kappa shape index (κ3) is 4.94. The molecule has 0 aliphatic carbocycles. The minimum absolute atomic E-state index is 0. The zero-order valence-corrected chi connectivity index (χ0v) is 14.6. The van der Waals surface area contributed by atoms with E-state index in [1.807, 2.05) is 12.1 Å². The molecular formula is C15H25IN4. The van der Waals surface area contributed by atoms with Crippen LogP contribution in [0.1, 0.15) is 25.3 Å². The topological polar surface area (TPSA) is 53.6 Å². The molecule has 0 aromatic heterocycles. The van der Waals surface area contributed by atoms with Crippen LogP contribution in [0, 0.1) is 6.92 Å². The molecule has 1 aromatic rings. The second-order valence-electron chi connectivity index (χ2n) is 5.15. The Morgan fingerprint density at radius 1 is 1.50 bits per heavy atom. The van der Waals surface area contributed by atoms with Gasteiger partial charge in [0.2, 0.25) is 0 Å². The summed E-state index contributed by atoms with van der Waals surface area (Å²) in [4.78, 5) is 6.95. The van der Waals surface area contributed by atoms with Gasteiger partial charge in [0.05, 0.1) is 6.54 Å². The van der Waals surface area contributed by atoms with Crippen LogP contribution in [0.2, 0.25) is 0 Å². The van der Waals surface area contributed by atoms with Crippen LogP contribution in [0.3, 0.4) is 0 Å². The molecule has 0 radical (unpaired) electrons. The fraction of sp³-hybridized carbons (Fsp3) is 0.533. The first-order chi connectivity index (χ1) is 9.19. The van der Waals surface area contributed by atoms with Gasteiger partial charge >= 0.3 is 0 Å². The van der Waals surface area contributed by atoms with Crippen LogP contribution in [0.5, 0.6) is 0 Å². The lowest BCUT2D eigenvalue weighted by atomic mass is 10.2. The number of nitrogens with two attached hydrogens (primary N) is 1. The first-order valence-corrected chi connectivity index (χ1v) is 7.06. The normalized spacial score (nSPS) is 19.7. The summed E-state index contributed by atoms with van der Waals surface area (Å²) >= 11 is 0. The quantitative estimate of drug-likeness (QED) is 0.474. The lowest BCUT2D eigenvalue weighted by Crippen LogP contribution is -2.33. The van der Waals surface area contributed by atoms with Gasteiger partial charge in [-0.3, -0.25) is 9.89 Å². The Balaban J connectivity index is 0.00000200. The molecule has 1 aliphatic heterocycles. The summed E-state index contributed by atoms with van der Waals surface area (Å²) in [6.45, 7) is 7.36. The number of aliphatic imine (C=N–C) groups is 1. The number of nitrogens with one attached hydrogen (secondary N) is 1. The second kappa shape index (κ2) is 8.46. The number of guanidine groups is 1. The average Bonchev–Trinajstić information content (AvgIpc) is 2.83. The van der Waals surface area contributed by atoms with Crippen molar-refractivity contribution in [3.63, 3.8) is 0 Å². The maximum Gasteiger partial charge on any atom is 0.193 e. The van der Waals surface area contributed by atoms with Gasteiger partial charge in [-0.25, -0.2) is 0 Å². The van der Waals surface area contributed by atoms with Gasteiger partial charge in [-0.2, -0.15) is 0 Å². The van der Waals surface area contributed by atoms with E-state index in [9.17, 15) is 0 Å². The van der Waals surface area contributed by atoms with Crippen molar-refractivity contribution in [2.24, 2.45) is 10.7 Å². The van der Waals surface area contributed by atoms with Crippen molar-refractivity contribution >= 4 is 35.6 Å². The third-order valence-electron chi connectivity index (χ3n) is 3.67. The Kier molecular flexibility index (Phi) is 7.29. The molecule has 0 saturated carbocycles. The first-order valence-electron chi connectivity index (χ1n) is 7.06. The van der Waals surface area contributed by atoms with Gasteiger partial charge in [-0.1, -0.05) is 19.1 Å². The third-order valence-corrected chi connectivity index (χ3v) is 3.67. The Bertz CT molecular complexity index is 447. The zero-order chi connectivity index (χ0) is 13.7.